The predicted octanol–water partition coefficient (Wildman–Crippen LogP) is 1.47. The lowest BCUT2D eigenvalue weighted by Gasteiger charge is -2.25. The molecule has 0 aliphatic rings. The Hall–Kier alpha value is -0.630. The highest BCUT2D eigenvalue weighted by atomic mass is 79.9. The van der Waals surface area contributed by atoms with Gasteiger partial charge >= 0.3 is 0 Å². The van der Waals surface area contributed by atoms with E-state index in [0.717, 1.165) is 0 Å². The molecule has 0 saturated heterocycles. The van der Waals surface area contributed by atoms with Gasteiger partial charge in [0.15, 0.2) is 0 Å². The summed E-state index contributed by atoms with van der Waals surface area (Å²) in [5.41, 5.74) is 5.15. The molecule has 4 N–H and O–H groups in total. The highest BCUT2D eigenvalue weighted by Gasteiger charge is 2.27. The maximum atomic E-state index is 12.2. The first-order chi connectivity index (χ1) is 8.18. The molecule has 0 aromatic heterocycles. The van der Waals surface area contributed by atoms with Crippen molar-refractivity contribution in [1.29, 1.82) is 0 Å². The molecular weight excluding hydrogens is 320 g/mol. The molecule has 0 atom stereocenters. The van der Waals surface area contributed by atoms with Gasteiger partial charge in [0.2, 0.25) is 10.0 Å². The van der Waals surface area contributed by atoms with Gasteiger partial charge in [0, 0.05) is 16.6 Å². The highest BCUT2D eigenvalue weighted by molar-refractivity contribution is 9.10. The number of sulfonamides is 1. The van der Waals surface area contributed by atoms with Gasteiger partial charge in [-0.1, -0.05) is 15.9 Å². The number of nitrogen functional groups attached to an aromatic ring is 1. The number of hydrogen-bond donors (Lipinski definition) is 3. The zero-order chi connectivity index (χ0) is 14.0. The summed E-state index contributed by atoms with van der Waals surface area (Å²) in [6, 6.07) is 4.59. The van der Waals surface area contributed by atoms with Crippen LogP contribution in [-0.4, -0.2) is 25.7 Å². The number of rotatable bonds is 5. The zero-order valence-electron chi connectivity index (χ0n) is 10.3. The normalized spacial score (nSPS) is 12.7. The summed E-state index contributed by atoms with van der Waals surface area (Å²) in [5.74, 6) is 0. The fourth-order valence-electron chi connectivity index (χ4n) is 1.51. The van der Waals surface area contributed by atoms with Crippen molar-refractivity contribution in [1.82, 2.24) is 4.72 Å². The lowest BCUT2D eigenvalue weighted by atomic mass is 10.0. The van der Waals surface area contributed by atoms with E-state index in [-0.39, 0.29) is 17.2 Å². The second-order valence-corrected chi connectivity index (χ2v) is 7.21. The van der Waals surface area contributed by atoms with E-state index in [2.05, 4.69) is 20.7 Å². The molecule has 0 fully saturated rings. The van der Waals surface area contributed by atoms with Crippen LogP contribution in [0.2, 0.25) is 0 Å². The van der Waals surface area contributed by atoms with Crippen LogP contribution in [0.1, 0.15) is 20.3 Å². The molecule has 0 unspecified atom stereocenters. The van der Waals surface area contributed by atoms with Crippen LogP contribution < -0.4 is 10.5 Å². The van der Waals surface area contributed by atoms with Crippen LogP contribution in [0.5, 0.6) is 0 Å². The van der Waals surface area contributed by atoms with Gasteiger partial charge in [-0.3, -0.25) is 0 Å². The van der Waals surface area contributed by atoms with Crippen molar-refractivity contribution in [2.24, 2.45) is 0 Å². The van der Waals surface area contributed by atoms with Gasteiger partial charge in [-0.2, -0.15) is 0 Å². The molecule has 0 heterocycles. The minimum Gasteiger partial charge on any atom is -0.398 e. The third-order valence-corrected chi connectivity index (χ3v) is 4.67. The zero-order valence-corrected chi connectivity index (χ0v) is 12.7. The monoisotopic (exact) mass is 336 g/mol. The first-order valence-corrected chi connectivity index (χ1v) is 7.65. The third-order valence-electron chi connectivity index (χ3n) is 2.41. The third kappa shape index (κ3) is 3.94. The van der Waals surface area contributed by atoms with Gasteiger partial charge in [-0.15, -0.1) is 0 Å². The van der Waals surface area contributed by atoms with E-state index < -0.39 is 15.6 Å². The van der Waals surface area contributed by atoms with Crippen molar-refractivity contribution in [2.75, 3.05) is 12.3 Å². The summed E-state index contributed by atoms with van der Waals surface area (Å²) in [5, 5.41) is 8.89. The molecule has 1 rings (SSSR count). The summed E-state index contributed by atoms with van der Waals surface area (Å²) in [7, 11) is -3.69. The molecule has 102 valence electrons. The largest absolute Gasteiger partial charge is 0.398 e. The van der Waals surface area contributed by atoms with E-state index in [1.54, 1.807) is 19.9 Å². The predicted molar refractivity (Wildman–Crippen MR) is 74.7 cm³/mol. The smallest absolute Gasteiger partial charge is 0.243 e. The van der Waals surface area contributed by atoms with Crippen LogP contribution in [0.15, 0.2) is 27.6 Å². The van der Waals surface area contributed by atoms with Crippen molar-refractivity contribution < 1.29 is 13.5 Å². The molecule has 0 aliphatic carbocycles. The van der Waals surface area contributed by atoms with Crippen LogP contribution in [0.25, 0.3) is 0 Å². The van der Waals surface area contributed by atoms with E-state index in [1.807, 2.05) is 0 Å². The molecule has 0 saturated carbocycles. The summed E-state index contributed by atoms with van der Waals surface area (Å²) in [4.78, 5) is 0.0386. The molecule has 0 bridgehead atoms. The van der Waals surface area contributed by atoms with Crippen molar-refractivity contribution in [2.45, 2.75) is 30.7 Å². The Balaban J connectivity index is 3.07. The van der Waals surface area contributed by atoms with Crippen molar-refractivity contribution in [3.8, 4) is 0 Å². The van der Waals surface area contributed by atoms with Gasteiger partial charge in [-0.25, -0.2) is 13.1 Å². The van der Waals surface area contributed by atoms with Crippen molar-refractivity contribution >= 4 is 31.6 Å². The molecule has 5 nitrogen and oxygen atoms in total. The van der Waals surface area contributed by atoms with Crippen LogP contribution in [0.3, 0.4) is 0 Å². The molecule has 18 heavy (non-hydrogen) atoms. The second-order valence-electron chi connectivity index (χ2n) is 4.65. The number of aliphatic hydroxyl groups excluding tert-OH is 1. The van der Waals surface area contributed by atoms with Crippen LogP contribution in [-0.2, 0) is 10.0 Å². The number of halogens is 1. The molecule has 7 heteroatoms. The van der Waals surface area contributed by atoms with Crippen molar-refractivity contribution in [3.05, 3.63) is 22.7 Å². The Labute approximate surface area is 116 Å². The average Bonchev–Trinajstić information content (AvgIpc) is 2.14. The highest BCUT2D eigenvalue weighted by Crippen LogP contribution is 2.24. The molecular formula is C11H17BrN2O3S. The van der Waals surface area contributed by atoms with E-state index in [0.29, 0.717) is 10.9 Å². The Bertz CT molecular complexity index is 529. The average molecular weight is 337 g/mol. The topological polar surface area (TPSA) is 92.4 Å². The maximum Gasteiger partial charge on any atom is 0.243 e. The summed E-state index contributed by atoms with van der Waals surface area (Å²) >= 11 is 3.22. The SMILES string of the molecule is CC(C)(CCO)NS(=O)(=O)c1ccc(Br)cc1N. The first-order valence-electron chi connectivity index (χ1n) is 5.38. The molecule has 0 amide bonds. The summed E-state index contributed by atoms with van der Waals surface area (Å²) < 4.78 is 27.6. The molecule has 0 spiro atoms. The quantitative estimate of drug-likeness (QED) is 0.710. The minimum absolute atomic E-state index is 0.0386. The Morgan fingerprint density at radius 3 is 2.56 bits per heavy atom. The number of aliphatic hydroxyl groups is 1. The molecule has 0 radical (unpaired) electrons. The second kappa shape index (κ2) is 5.56. The number of anilines is 1. The van der Waals surface area contributed by atoms with Gasteiger partial charge in [-0.05, 0) is 38.5 Å². The van der Waals surface area contributed by atoms with E-state index in [4.69, 9.17) is 10.8 Å². The van der Waals surface area contributed by atoms with E-state index >= 15 is 0 Å². The Morgan fingerprint density at radius 2 is 2.06 bits per heavy atom. The van der Waals surface area contributed by atoms with Gasteiger partial charge in [0.05, 0.1) is 5.69 Å². The van der Waals surface area contributed by atoms with Gasteiger partial charge < -0.3 is 10.8 Å². The van der Waals surface area contributed by atoms with Crippen LogP contribution in [0.4, 0.5) is 5.69 Å². The fraction of sp³-hybridized carbons (Fsp3) is 0.455. The minimum atomic E-state index is -3.69. The number of nitrogens with one attached hydrogen (secondary N) is 1. The Morgan fingerprint density at radius 1 is 1.44 bits per heavy atom. The maximum absolute atomic E-state index is 12.2. The van der Waals surface area contributed by atoms with Crippen LogP contribution >= 0.6 is 15.9 Å². The van der Waals surface area contributed by atoms with Gasteiger partial charge in [0.1, 0.15) is 4.90 Å². The lowest BCUT2D eigenvalue weighted by Crippen LogP contribution is -2.44. The lowest BCUT2D eigenvalue weighted by molar-refractivity contribution is 0.246. The number of hydrogen-bond acceptors (Lipinski definition) is 4. The standard InChI is InChI=1S/C11H17BrN2O3S/c1-11(2,5-6-15)14-18(16,17)10-4-3-8(12)7-9(10)13/h3-4,7,14-15H,5-6,13H2,1-2H3. The molecule has 1 aromatic carbocycles. The van der Waals surface area contributed by atoms with Crippen LogP contribution in [0, 0.1) is 0 Å². The first kappa shape index (κ1) is 15.4. The molecule has 0 aliphatic heterocycles. The fourth-order valence-corrected chi connectivity index (χ4v) is 3.45. The Kier molecular flexibility index (Phi) is 4.77. The summed E-state index contributed by atoms with van der Waals surface area (Å²) in [6.45, 7) is 3.32. The number of nitrogens with two attached hydrogens (primary N) is 1. The molecule has 1 aromatic rings. The number of benzene rings is 1. The van der Waals surface area contributed by atoms with Crippen molar-refractivity contribution in [3.63, 3.8) is 0 Å². The summed E-state index contributed by atoms with van der Waals surface area (Å²) in [6.07, 6.45) is 0.322. The van der Waals surface area contributed by atoms with E-state index in [9.17, 15) is 8.42 Å². The van der Waals surface area contributed by atoms with E-state index in [1.165, 1.54) is 12.1 Å². The van der Waals surface area contributed by atoms with Gasteiger partial charge in [0.25, 0.3) is 0 Å².